The van der Waals surface area contributed by atoms with E-state index in [9.17, 15) is 0 Å². The normalized spacial score (nSPS) is 25.8. The second kappa shape index (κ2) is 8.48. The van der Waals surface area contributed by atoms with Crippen LogP contribution in [0.3, 0.4) is 0 Å². The van der Waals surface area contributed by atoms with Crippen molar-refractivity contribution in [2.45, 2.75) is 37.9 Å². The SMILES string of the molecule is c1ccc(CNC2C3CCN(CC3)C2Cc2ccc(-c3ccncc3)cc2)cc1. The smallest absolute Gasteiger partial charge is 0.0292 e. The van der Waals surface area contributed by atoms with Gasteiger partial charge in [0.2, 0.25) is 0 Å². The molecule has 29 heavy (non-hydrogen) atoms. The Morgan fingerprint density at radius 3 is 2.21 bits per heavy atom. The zero-order valence-corrected chi connectivity index (χ0v) is 16.9. The highest BCUT2D eigenvalue weighted by molar-refractivity contribution is 5.62. The topological polar surface area (TPSA) is 28.2 Å². The van der Waals surface area contributed by atoms with E-state index in [1.807, 2.05) is 12.4 Å². The second-order valence-corrected chi connectivity index (χ2v) is 8.47. The lowest BCUT2D eigenvalue weighted by Crippen LogP contribution is -2.63. The molecule has 6 rings (SSSR count). The van der Waals surface area contributed by atoms with Gasteiger partial charge in [0.25, 0.3) is 0 Å². The van der Waals surface area contributed by atoms with Crippen molar-refractivity contribution in [1.82, 2.24) is 15.2 Å². The fourth-order valence-electron chi connectivity index (χ4n) is 5.16. The van der Waals surface area contributed by atoms with E-state index in [1.54, 1.807) is 0 Å². The van der Waals surface area contributed by atoms with Crippen LogP contribution in [0.15, 0.2) is 79.1 Å². The molecule has 3 fully saturated rings. The molecule has 3 aliphatic rings. The van der Waals surface area contributed by atoms with Crippen LogP contribution in [0.1, 0.15) is 24.0 Å². The van der Waals surface area contributed by atoms with Crippen LogP contribution >= 0.6 is 0 Å². The van der Waals surface area contributed by atoms with Crippen molar-refractivity contribution in [3.63, 3.8) is 0 Å². The highest BCUT2D eigenvalue weighted by Gasteiger charge is 2.41. The summed E-state index contributed by atoms with van der Waals surface area (Å²) >= 11 is 0. The summed E-state index contributed by atoms with van der Waals surface area (Å²) < 4.78 is 0. The van der Waals surface area contributed by atoms with E-state index < -0.39 is 0 Å². The molecule has 0 aliphatic carbocycles. The van der Waals surface area contributed by atoms with Crippen LogP contribution in [-0.2, 0) is 13.0 Å². The van der Waals surface area contributed by atoms with E-state index in [2.05, 4.69) is 81.9 Å². The van der Waals surface area contributed by atoms with Crippen LogP contribution in [0, 0.1) is 5.92 Å². The zero-order chi connectivity index (χ0) is 19.5. The number of nitrogens with zero attached hydrogens (tertiary/aromatic N) is 2. The molecule has 3 nitrogen and oxygen atoms in total. The van der Waals surface area contributed by atoms with Gasteiger partial charge in [0.15, 0.2) is 0 Å². The molecule has 148 valence electrons. The monoisotopic (exact) mass is 383 g/mol. The third-order valence-electron chi connectivity index (χ3n) is 6.76. The van der Waals surface area contributed by atoms with Gasteiger partial charge in [-0.2, -0.15) is 0 Å². The molecular weight excluding hydrogens is 354 g/mol. The molecule has 0 radical (unpaired) electrons. The molecule has 3 heteroatoms. The summed E-state index contributed by atoms with van der Waals surface area (Å²) in [6, 6.07) is 25.3. The third kappa shape index (κ3) is 4.12. The Hall–Kier alpha value is -2.49. The number of hydrogen-bond donors (Lipinski definition) is 1. The molecule has 0 amide bonds. The lowest BCUT2D eigenvalue weighted by molar-refractivity contribution is 0.0127. The summed E-state index contributed by atoms with van der Waals surface area (Å²) in [4.78, 5) is 6.84. The maximum absolute atomic E-state index is 4.12. The minimum absolute atomic E-state index is 0.581. The van der Waals surface area contributed by atoms with Gasteiger partial charge in [-0.05, 0) is 72.7 Å². The van der Waals surface area contributed by atoms with Gasteiger partial charge < -0.3 is 5.32 Å². The number of pyridine rings is 1. The van der Waals surface area contributed by atoms with Crippen molar-refractivity contribution < 1.29 is 0 Å². The summed E-state index contributed by atoms with van der Waals surface area (Å²) in [7, 11) is 0. The highest BCUT2D eigenvalue weighted by atomic mass is 15.2. The molecule has 2 unspecified atom stereocenters. The van der Waals surface area contributed by atoms with Gasteiger partial charge in [0, 0.05) is 31.0 Å². The number of piperidine rings is 3. The lowest BCUT2D eigenvalue weighted by Gasteiger charge is -2.51. The van der Waals surface area contributed by atoms with Gasteiger partial charge in [-0.1, -0.05) is 54.6 Å². The maximum atomic E-state index is 4.12. The minimum Gasteiger partial charge on any atom is -0.308 e. The van der Waals surface area contributed by atoms with Crippen molar-refractivity contribution >= 4 is 0 Å². The molecule has 3 aliphatic heterocycles. The summed E-state index contributed by atoms with van der Waals surface area (Å²) in [6.45, 7) is 3.48. The molecule has 0 spiro atoms. The Labute approximate surface area is 173 Å². The van der Waals surface area contributed by atoms with Crippen molar-refractivity contribution in [2.75, 3.05) is 13.1 Å². The highest BCUT2D eigenvalue weighted by Crippen LogP contribution is 2.34. The molecular formula is C26H29N3. The van der Waals surface area contributed by atoms with Gasteiger partial charge in [0.05, 0.1) is 0 Å². The van der Waals surface area contributed by atoms with E-state index in [1.165, 1.54) is 48.2 Å². The minimum atomic E-state index is 0.581. The first kappa shape index (κ1) is 18.5. The Kier molecular flexibility index (Phi) is 5.42. The van der Waals surface area contributed by atoms with Crippen LogP contribution in [-0.4, -0.2) is 35.1 Å². The number of benzene rings is 2. The van der Waals surface area contributed by atoms with Gasteiger partial charge in [0.1, 0.15) is 0 Å². The number of fused-ring (bicyclic) bond motifs is 3. The van der Waals surface area contributed by atoms with Gasteiger partial charge in [-0.3, -0.25) is 9.88 Å². The van der Waals surface area contributed by atoms with E-state index in [0.29, 0.717) is 12.1 Å². The lowest BCUT2D eigenvalue weighted by atomic mass is 9.76. The standard InChI is InChI=1S/C26H29N3/c1-2-4-21(5-3-1)19-28-26-24-12-16-29(17-13-24)25(26)18-20-6-8-22(9-7-20)23-10-14-27-15-11-23/h1-11,14-15,24-26,28H,12-13,16-19H2. The van der Waals surface area contributed by atoms with E-state index >= 15 is 0 Å². The first-order valence-electron chi connectivity index (χ1n) is 10.9. The van der Waals surface area contributed by atoms with Crippen molar-refractivity contribution in [3.8, 4) is 11.1 Å². The fraction of sp³-hybridized carbons (Fsp3) is 0.346. The first-order valence-corrected chi connectivity index (χ1v) is 10.9. The van der Waals surface area contributed by atoms with E-state index in [4.69, 9.17) is 0 Å². The van der Waals surface area contributed by atoms with Crippen LogP contribution < -0.4 is 5.32 Å². The number of aromatic nitrogens is 1. The molecule has 1 N–H and O–H groups in total. The molecule has 2 aromatic carbocycles. The molecule has 3 aromatic rings. The molecule has 1 aromatic heterocycles. The molecule has 2 bridgehead atoms. The largest absolute Gasteiger partial charge is 0.308 e. The Morgan fingerprint density at radius 1 is 0.793 bits per heavy atom. The second-order valence-electron chi connectivity index (χ2n) is 8.47. The van der Waals surface area contributed by atoms with Crippen molar-refractivity contribution in [1.29, 1.82) is 0 Å². The number of hydrogen-bond acceptors (Lipinski definition) is 3. The van der Waals surface area contributed by atoms with Crippen molar-refractivity contribution in [2.24, 2.45) is 5.92 Å². The summed E-state index contributed by atoms with van der Waals surface area (Å²) in [5.41, 5.74) is 5.31. The number of rotatable bonds is 6. The predicted octanol–water partition coefficient (Wildman–Crippen LogP) is 4.54. The summed E-state index contributed by atoms with van der Waals surface area (Å²) in [5, 5.41) is 3.93. The maximum Gasteiger partial charge on any atom is 0.0292 e. The quantitative estimate of drug-likeness (QED) is 0.677. The van der Waals surface area contributed by atoms with Crippen LogP contribution in [0.2, 0.25) is 0 Å². The van der Waals surface area contributed by atoms with Crippen LogP contribution in [0.4, 0.5) is 0 Å². The molecule has 2 atom stereocenters. The van der Waals surface area contributed by atoms with Gasteiger partial charge in [-0.15, -0.1) is 0 Å². The van der Waals surface area contributed by atoms with Crippen LogP contribution in [0.25, 0.3) is 11.1 Å². The van der Waals surface area contributed by atoms with E-state index in [-0.39, 0.29) is 0 Å². The van der Waals surface area contributed by atoms with Crippen LogP contribution in [0.5, 0.6) is 0 Å². The fourth-order valence-corrected chi connectivity index (χ4v) is 5.16. The zero-order valence-electron chi connectivity index (χ0n) is 16.9. The third-order valence-corrected chi connectivity index (χ3v) is 6.76. The molecule has 4 heterocycles. The average molecular weight is 384 g/mol. The predicted molar refractivity (Wildman–Crippen MR) is 119 cm³/mol. The molecule has 0 saturated carbocycles. The Balaban J connectivity index is 1.30. The summed E-state index contributed by atoms with van der Waals surface area (Å²) in [5.74, 6) is 0.810. The first-order chi connectivity index (χ1) is 14.4. The number of nitrogens with one attached hydrogen (secondary N) is 1. The Bertz CT molecular complexity index is 900. The average Bonchev–Trinajstić information content (AvgIpc) is 2.81. The van der Waals surface area contributed by atoms with Gasteiger partial charge >= 0.3 is 0 Å². The van der Waals surface area contributed by atoms with Crippen molar-refractivity contribution in [3.05, 3.63) is 90.3 Å². The Morgan fingerprint density at radius 2 is 1.48 bits per heavy atom. The molecule has 3 saturated heterocycles. The van der Waals surface area contributed by atoms with Gasteiger partial charge in [-0.25, -0.2) is 0 Å². The van der Waals surface area contributed by atoms with E-state index in [0.717, 1.165) is 18.9 Å². The summed E-state index contributed by atoms with van der Waals surface area (Å²) in [6.07, 6.45) is 7.52.